The van der Waals surface area contributed by atoms with Gasteiger partial charge in [0, 0.05) is 44.0 Å². The number of pyridine rings is 1. The Bertz CT molecular complexity index is 639. The van der Waals surface area contributed by atoms with Gasteiger partial charge in [-0.3, -0.25) is 9.78 Å². The summed E-state index contributed by atoms with van der Waals surface area (Å²) in [7, 11) is 0. The third kappa shape index (κ3) is 6.29. The quantitative estimate of drug-likeness (QED) is 0.691. The Morgan fingerprint density at radius 1 is 1.17 bits per heavy atom. The molecule has 24 heavy (non-hydrogen) atoms. The number of amides is 1. The minimum absolute atomic E-state index is 0.0940. The van der Waals surface area contributed by atoms with E-state index in [1.165, 1.54) is 6.07 Å². The number of rotatable bonds is 9. The van der Waals surface area contributed by atoms with Crippen LogP contribution in [0.3, 0.4) is 0 Å². The summed E-state index contributed by atoms with van der Waals surface area (Å²) in [6, 6.07) is 10.3. The fourth-order valence-electron chi connectivity index (χ4n) is 2.08. The maximum atomic E-state index is 12.3. The molecule has 2 N–H and O–H groups in total. The molecule has 0 saturated carbocycles. The Labute approximate surface area is 139 Å². The summed E-state index contributed by atoms with van der Waals surface area (Å²) in [6.45, 7) is -1.65. The van der Waals surface area contributed by atoms with Crippen LogP contribution >= 0.6 is 0 Å². The first kappa shape index (κ1) is 17.8. The molecule has 2 aromatic rings. The van der Waals surface area contributed by atoms with Crippen LogP contribution in [0.4, 0.5) is 8.78 Å². The Kier molecular flexibility index (Phi) is 7.10. The molecular formula is C17H19F2N3O2. The van der Waals surface area contributed by atoms with E-state index in [4.69, 9.17) is 0 Å². The molecule has 0 fully saturated rings. The number of carbonyl (C=O) groups is 1. The maximum absolute atomic E-state index is 12.3. The van der Waals surface area contributed by atoms with Gasteiger partial charge < -0.3 is 15.4 Å². The Morgan fingerprint density at radius 2 is 2.00 bits per heavy atom. The summed E-state index contributed by atoms with van der Waals surface area (Å²) in [5.74, 6) is 0.0458. The van der Waals surface area contributed by atoms with Crippen molar-refractivity contribution in [3.05, 3.63) is 59.9 Å². The average Bonchev–Trinajstić information content (AvgIpc) is 2.58. The Morgan fingerprint density at radius 3 is 2.75 bits per heavy atom. The van der Waals surface area contributed by atoms with E-state index >= 15 is 0 Å². The van der Waals surface area contributed by atoms with Gasteiger partial charge in [0.15, 0.2) is 0 Å². The van der Waals surface area contributed by atoms with Crippen LogP contribution in [0.1, 0.15) is 17.5 Å². The molecule has 0 atom stereocenters. The molecule has 0 radical (unpaired) electrons. The van der Waals surface area contributed by atoms with Crippen LogP contribution in [-0.4, -0.2) is 24.0 Å². The van der Waals surface area contributed by atoms with Crippen LogP contribution in [0.5, 0.6) is 5.75 Å². The van der Waals surface area contributed by atoms with Crippen LogP contribution in [0.2, 0.25) is 0 Å². The summed E-state index contributed by atoms with van der Waals surface area (Å²) >= 11 is 0. The topological polar surface area (TPSA) is 63.2 Å². The third-order valence-corrected chi connectivity index (χ3v) is 3.25. The second-order valence-electron chi connectivity index (χ2n) is 5.05. The van der Waals surface area contributed by atoms with Crippen molar-refractivity contribution in [3.63, 3.8) is 0 Å². The molecule has 0 aliphatic heterocycles. The molecule has 128 valence electrons. The van der Waals surface area contributed by atoms with Gasteiger partial charge in [0.2, 0.25) is 5.91 Å². The SMILES string of the molecule is O=C(CCNCc1ccccc1OC(F)F)NCc1cccnc1. The molecule has 0 spiro atoms. The molecule has 1 aromatic heterocycles. The largest absolute Gasteiger partial charge is 0.434 e. The molecule has 7 heteroatoms. The van der Waals surface area contributed by atoms with E-state index in [2.05, 4.69) is 20.4 Å². The van der Waals surface area contributed by atoms with Gasteiger partial charge in [0.25, 0.3) is 0 Å². The van der Waals surface area contributed by atoms with E-state index in [0.717, 1.165) is 5.56 Å². The highest BCUT2D eigenvalue weighted by Crippen LogP contribution is 2.19. The first-order valence-corrected chi connectivity index (χ1v) is 7.54. The van der Waals surface area contributed by atoms with E-state index in [-0.39, 0.29) is 18.1 Å². The van der Waals surface area contributed by atoms with Gasteiger partial charge >= 0.3 is 6.61 Å². The van der Waals surface area contributed by atoms with Gasteiger partial charge in [0.1, 0.15) is 5.75 Å². The standard InChI is InChI=1S/C17H19F2N3O2/c18-17(19)24-15-6-2-1-5-14(15)12-21-9-7-16(23)22-11-13-4-3-8-20-10-13/h1-6,8,10,17,21H,7,9,11-12H2,(H,22,23). The van der Waals surface area contributed by atoms with Crippen LogP contribution in [0, 0.1) is 0 Å². The third-order valence-electron chi connectivity index (χ3n) is 3.25. The highest BCUT2D eigenvalue weighted by molar-refractivity contribution is 5.76. The van der Waals surface area contributed by atoms with Gasteiger partial charge in [-0.05, 0) is 17.7 Å². The Balaban J connectivity index is 1.68. The van der Waals surface area contributed by atoms with E-state index in [9.17, 15) is 13.6 Å². The van der Waals surface area contributed by atoms with Crippen LogP contribution in [0.15, 0.2) is 48.8 Å². The normalized spacial score (nSPS) is 10.6. The van der Waals surface area contributed by atoms with Gasteiger partial charge in [-0.15, -0.1) is 0 Å². The molecule has 0 aliphatic rings. The summed E-state index contributed by atoms with van der Waals surface area (Å²) in [5, 5.41) is 5.84. The van der Waals surface area contributed by atoms with Crippen LogP contribution in [0.25, 0.3) is 0 Å². The van der Waals surface area contributed by atoms with Gasteiger partial charge in [-0.25, -0.2) is 0 Å². The first-order valence-electron chi connectivity index (χ1n) is 7.54. The number of para-hydroxylation sites is 1. The van der Waals surface area contributed by atoms with Crippen molar-refractivity contribution in [2.45, 2.75) is 26.1 Å². The first-order chi connectivity index (χ1) is 11.6. The minimum Gasteiger partial charge on any atom is -0.434 e. The number of nitrogens with zero attached hydrogens (tertiary/aromatic N) is 1. The van der Waals surface area contributed by atoms with Gasteiger partial charge in [-0.1, -0.05) is 24.3 Å². The van der Waals surface area contributed by atoms with Crippen molar-refractivity contribution < 1.29 is 18.3 Å². The summed E-state index contributed by atoms with van der Waals surface area (Å²) in [6.07, 6.45) is 3.65. The summed E-state index contributed by atoms with van der Waals surface area (Å²) < 4.78 is 29.1. The zero-order chi connectivity index (χ0) is 17.2. The predicted molar refractivity (Wildman–Crippen MR) is 85.5 cm³/mol. The average molecular weight is 335 g/mol. The minimum atomic E-state index is -2.86. The molecular weight excluding hydrogens is 316 g/mol. The number of hydrogen-bond acceptors (Lipinski definition) is 4. The number of hydrogen-bond donors (Lipinski definition) is 2. The highest BCUT2D eigenvalue weighted by atomic mass is 19.3. The number of halogens is 2. The van der Waals surface area contributed by atoms with E-state index in [1.807, 2.05) is 12.1 Å². The number of ether oxygens (including phenoxy) is 1. The summed E-state index contributed by atoms with van der Waals surface area (Å²) in [4.78, 5) is 15.7. The van der Waals surface area contributed by atoms with Crippen molar-refractivity contribution in [2.24, 2.45) is 0 Å². The molecule has 0 unspecified atom stereocenters. The summed E-state index contributed by atoms with van der Waals surface area (Å²) in [5.41, 5.74) is 1.55. The van der Waals surface area contributed by atoms with Crippen molar-refractivity contribution >= 4 is 5.91 Å². The van der Waals surface area contributed by atoms with Crippen molar-refractivity contribution in [3.8, 4) is 5.75 Å². The lowest BCUT2D eigenvalue weighted by atomic mass is 10.2. The van der Waals surface area contributed by atoms with E-state index in [1.54, 1.807) is 30.6 Å². The maximum Gasteiger partial charge on any atom is 0.387 e. The number of aromatic nitrogens is 1. The highest BCUT2D eigenvalue weighted by Gasteiger charge is 2.09. The number of carbonyl (C=O) groups excluding carboxylic acids is 1. The fraction of sp³-hybridized carbons (Fsp3) is 0.294. The number of nitrogens with one attached hydrogen (secondary N) is 2. The van der Waals surface area contributed by atoms with Crippen molar-refractivity contribution in [1.82, 2.24) is 15.6 Å². The zero-order valence-electron chi connectivity index (χ0n) is 13.0. The number of alkyl halides is 2. The molecule has 0 saturated heterocycles. The van der Waals surface area contributed by atoms with Crippen LogP contribution < -0.4 is 15.4 Å². The van der Waals surface area contributed by atoms with E-state index in [0.29, 0.717) is 25.2 Å². The van der Waals surface area contributed by atoms with Crippen molar-refractivity contribution in [2.75, 3.05) is 6.54 Å². The lowest BCUT2D eigenvalue weighted by molar-refractivity contribution is -0.121. The second kappa shape index (κ2) is 9.57. The molecule has 5 nitrogen and oxygen atoms in total. The van der Waals surface area contributed by atoms with Gasteiger partial charge in [0.05, 0.1) is 0 Å². The zero-order valence-corrected chi connectivity index (χ0v) is 13.0. The van der Waals surface area contributed by atoms with Gasteiger partial charge in [-0.2, -0.15) is 8.78 Å². The lowest BCUT2D eigenvalue weighted by Crippen LogP contribution is -2.27. The molecule has 1 amide bonds. The smallest absolute Gasteiger partial charge is 0.387 e. The number of benzene rings is 1. The Hall–Kier alpha value is -2.54. The predicted octanol–water partition coefficient (Wildman–Crippen LogP) is 2.48. The molecule has 1 aromatic carbocycles. The van der Waals surface area contributed by atoms with Crippen molar-refractivity contribution in [1.29, 1.82) is 0 Å². The lowest BCUT2D eigenvalue weighted by Gasteiger charge is -2.11. The van der Waals surface area contributed by atoms with Crippen LogP contribution in [-0.2, 0) is 17.9 Å². The monoisotopic (exact) mass is 335 g/mol. The van der Waals surface area contributed by atoms with E-state index < -0.39 is 6.61 Å². The second-order valence-corrected chi connectivity index (χ2v) is 5.05. The molecule has 0 aliphatic carbocycles. The molecule has 1 heterocycles. The molecule has 2 rings (SSSR count). The fourth-order valence-corrected chi connectivity index (χ4v) is 2.08. The molecule has 0 bridgehead atoms.